The van der Waals surface area contributed by atoms with E-state index in [0.717, 1.165) is 0 Å². The average molecular weight is 471 g/mol. The molecule has 1 atom stereocenters. The van der Waals surface area contributed by atoms with E-state index in [4.69, 9.17) is 13.9 Å². The van der Waals surface area contributed by atoms with E-state index in [0.29, 0.717) is 28.0 Å². The van der Waals surface area contributed by atoms with Crippen LogP contribution in [0.25, 0.3) is 11.0 Å². The standard InChI is InChI=1S/C27H21NO7/c1-33-17-12-10-15(11-13-17)23-22(25(31)27(32)28(23)18-7-3-4-8-19(18)29)24(30)21-14-16-6-5-9-20(34-2)26(16)35-21/h3-14,23,29,31H,1-2H3. The number of para-hydroxylation sites is 3. The van der Waals surface area contributed by atoms with Crippen molar-refractivity contribution in [1.82, 2.24) is 0 Å². The van der Waals surface area contributed by atoms with Crippen LogP contribution in [0.4, 0.5) is 5.69 Å². The first kappa shape index (κ1) is 22.1. The zero-order valence-corrected chi connectivity index (χ0v) is 18.9. The summed E-state index contributed by atoms with van der Waals surface area (Å²) in [6, 6.07) is 18.7. The first-order valence-corrected chi connectivity index (χ1v) is 10.7. The van der Waals surface area contributed by atoms with Gasteiger partial charge in [0, 0.05) is 5.39 Å². The van der Waals surface area contributed by atoms with Crippen LogP contribution in [-0.2, 0) is 4.79 Å². The Hall–Kier alpha value is -4.72. The summed E-state index contributed by atoms with van der Waals surface area (Å²) in [5.41, 5.74) is 0.894. The lowest BCUT2D eigenvalue weighted by atomic mass is 9.94. The predicted molar refractivity (Wildman–Crippen MR) is 128 cm³/mol. The number of aromatic hydroxyl groups is 1. The molecule has 1 unspecified atom stereocenters. The van der Waals surface area contributed by atoms with Crippen LogP contribution in [0, 0.1) is 0 Å². The second-order valence-corrected chi connectivity index (χ2v) is 7.92. The third-order valence-corrected chi connectivity index (χ3v) is 5.98. The molecule has 5 rings (SSSR count). The van der Waals surface area contributed by atoms with Gasteiger partial charge in [-0.05, 0) is 42.0 Å². The van der Waals surface area contributed by atoms with Gasteiger partial charge in [-0.2, -0.15) is 0 Å². The summed E-state index contributed by atoms with van der Waals surface area (Å²) < 4.78 is 16.4. The molecule has 1 aliphatic heterocycles. The number of Topliss-reactive ketones (excluding diaryl/α,β-unsaturated/α-hetero) is 1. The Kier molecular flexibility index (Phi) is 5.41. The summed E-state index contributed by atoms with van der Waals surface area (Å²) in [5, 5.41) is 22.0. The normalized spacial score (nSPS) is 15.7. The van der Waals surface area contributed by atoms with Crippen LogP contribution in [-0.4, -0.2) is 36.1 Å². The number of anilines is 1. The number of carbonyl (C=O) groups excluding carboxylic acids is 2. The van der Waals surface area contributed by atoms with Gasteiger partial charge in [0.15, 0.2) is 22.9 Å². The highest BCUT2D eigenvalue weighted by Crippen LogP contribution is 2.45. The lowest BCUT2D eigenvalue weighted by Gasteiger charge is -2.27. The highest BCUT2D eigenvalue weighted by Gasteiger charge is 2.46. The second-order valence-electron chi connectivity index (χ2n) is 7.92. The fourth-order valence-corrected chi connectivity index (χ4v) is 4.30. The Labute approximate surface area is 200 Å². The average Bonchev–Trinajstić information content (AvgIpc) is 3.43. The Morgan fingerprint density at radius 1 is 0.943 bits per heavy atom. The van der Waals surface area contributed by atoms with Crippen molar-refractivity contribution in [1.29, 1.82) is 0 Å². The third-order valence-electron chi connectivity index (χ3n) is 5.98. The van der Waals surface area contributed by atoms with Crippen molar-refractivity contribution in [3.63, 3.8) is 0 Å². The van der Waals surface area contributed by atoms with Gasteiger partial charge >= 0.3 is 0 Å². The number of rotatable bonds is 6. The van der Waals surface area contributed by atoms with E-state index in [9.17, 15) is 19.8 Å². The molecule has 2 N–H and O–H groups in total. The molecule has 1 amide bonds. The lowest BCUT2D eigenvalue weighted by Crippen LogP contribution is -2.31. The highest BCUT2D eigenvalue weighted by atomic mass is 16.5. The number of furan rings is 1. The summed E-state index contributed by atoms with van der Waals surface area (Å²) >= 11 is 0. The Bertz CT molecular complexity index is 1480. The molecule has 0 spiro atoms. The van der Waals surface area contributed by atoms with Crippen LogP contribution in [0.3, 0.4) is 0 Å². The van der Waals surface area contributed by atoms with Crippen LogP contribution in [0.15, 0.2) is 88.5 Å². The molecule has 3 aromatic carbocycles. The van der Waals surface area contributed by atoms with Gasteiger partial charge in [-0.25, -0.2) is 0 Å². The van der Waals surface area contributed by atoms with Crippen molar-refractivity contribution >= 4 is 28.3 Å². The Morgan fingerprint density at radius 2 is 1.69 bits per heavy atom. The maximum atomic E-state index is 13.7. The maximum absolute atomic E-state index is 13.7. The van der Waals surface area contributed by atoms with Gasteiger partial charge in [-0.1, -0.05) is 36.4 Å². The number of aliphatic hydroxyl groups excluding tert-OH is 1. The SMILES string of the molecule is COc1ccc(C2C(C(=O)c3cc4cccc(OC)c4o3)=C(O)C(=O)N2c2ccccc2O)cc1. The Morgan fingerprint density at radius 3 is 2.37 bits per heavy atom. The van der Waals surface area contributed by atoms with E-state index in [1.807, 2.05) is 0 Å². The number of phenolic OH excluding ortho intramolecular Hbond substituents is 1. The highest BCUT2D eigenvalue weighted by molar-refractivity contribution is 6.21. The van der Waals surface area contributed by atoms with Gasteiger partial charge in [0.2, 0.25) is 5.78 Å². The number of methoxy groups -OCH3 is 2. The molecule has 8 heteroatoms. The van der Waals surface area contributed by atoms with Gasteiger partial charge in [-0.3, -0.25) is 14.5 Å². The quantitative estimate of drug-likeness (QED) is 0.384. The minimum atomic E-state index is -1.02. The molecule has 4 aromatic rings. The fourth-order valence-electron chi connectivity index (χ4n) is 4.30. The van der Waals surface area contributed by atoms with Crippen molar-refractivity contribution < 1.29 is 33.7 Å². The molecule has 0 fully saturated rings. The summed E-state index contributed by atoms with van der Waals surface area (Å²) in [6.07, 6.45) is 0. The number of ether oxygens (including phenoxy) is 2. The molecule has 0 radical (unpaired) electrons. The minimum Gasteiger partial charge on any atom is -0.506 e. The molecule has 0 saturated carbocycles. The van der Waals surface area contributed by atoms with Crippen LogP contribution in [0.2, 0.25) is 0 Å². The number of carbonyl (C=O) groups is 2. The molecule has 0 bridgehead atoms. The smallest absolute Gasteiger partial charge is 0.294 e. The van der Waals surface area contributed by atoms with Crippen molar-refractivity contribution in [2.75, 3.05) is 19.1 Å². The third kappa shape index (κ3) is 3.56. The van der Waals surface area contributed by atoms with E-state index in [2.05, 4.69) is 0 Å². The predicted octanol–water partition coefficient (Wildman–Crippen LogP) is 4.94. The largest absolute Gasteiger partial charge is 0.506 e. The van der Waals surface area contributed by atoms with Crippen LogP contribution >= 0.6 is 0 Å². The number of hydrogen-bond acceptors (Lipinski definition) is 7. The topological polar surface area (TPSA) is 109 Å². The number of nitrogens with zero attached hydrogens (tertiary/aromatic N) is 1. The first-order chi connectivity index (χ1) is 16.9. The summed E-state index contributed by atoms with van der Waals surface area (Å²) in [7, 11) is 3.02. The van der Waals surface area contributed by atoms with Gasteiger partial charge < -0.3 is 24.1 Å². The molecule has 176 valence electrons. The second kappa shape index (κ2) is 8.57. The number of hydrogen-bond donors (Lipinski definition) is 2. The molecule has 8 nitrogen and oxygen atoms in total. The zero-order valence-electron chi connectivity index (χ0n) is 18.9. The molecule has 0 aliphatic carbocycles. The fraction of sp³-hybridized carbons (Fsp3) is 0.111. The first-order valence-electron chi connectivity index (χ1n) is 10.7. The van der Waals surface area contributed by atoms with Crippen LogP contribution < -0.4 is 14.4 Å². The van der Waals surface area contributed by atoms with Crippen molar-refractivity contribution in [2.45, 2.75) is 6.04 Å². The zero-order chi connectivity index (χ0) is 24.7. The summed E-state index contributed by atoms with van der Waals surface area (Å²) in [6.45, 7) is 0. The number of amides is 1. The molecule has 35 heavy (non-hydrogen) atoms. The number of benzene rings is 3. The number of fused-ring (bicyclic) bond motifs is 1. The molecule has 2 heterocycles. The number of aliphatic hydroxyl groups is 1. The molecular formula is C27H21NO7. The van der Waals surface area contributed by atoms with Gasteiger partial charge in [0.05, 0.1) is 31.5 Å². The lowest BCUT2D eigenvalue weighted by molar-refractivity contribution is -0.117. The minimum absolute atomic E-state index is 0.0588. The van der Waals surface area contributed by atoms with E-state index in [1.165, 1.54) is 31.3 Å². The molecule has 1 aliphatic rings. The number of phenols is 1. The van der Waals surface area contributed by atoms with Crippen molar-refractivity contribution in [3.8, 4) is 17.2 Å². The molecule has 0 saturated heterocycles. The van der Waals surface area contributed by atoms with Gasteiger partial charge in [-0.15, -0.1) is 0 Å². The molecular weight excluding hydrogens is 450 g/mol. The van der Waals surface area contributed by atoms with Crippen LogP contribution in [0.5, 0.6) is 17.2 Å². The number of ketones is 1. The monoisotopic (exact) mass is 471 g/mol. The molecule has 1 aromatic heterocycles. The van der Waals surface area contributed by atoms with Crippen LogP contribution in [0.1, 0.15) is 22.2 Å². The van der Waals surface area contributed by atoms with E-state index < -0.39 is 23.5 Å². The Balaban J connectivity index is 1.67. The van der Waals surface area contributed by atoms with Crippen molar-refractivity contribution in [2.24, 2.45) is 0 Å². The van der Waals surface area contributed by atoms with E-state index in [1.54, 1.807) is 60.7 Å². The summed E-state index contributed by atoms with van der Waals surface area (Å²) in [5.74, 6) is -1.39. The maximum Gasteiger partial charge on any atom is 0.294 e. The van der Waals surface area contributed by atoms with E-state index >= 15 is 0 Å². The van der Waals surface area contributed by atoms with Crippen molar-refractivity contribution in [3.05, 3.63) is 95.5 Å². The van der Waals surface area contributed by atoms with E-state index in [-0.39, 0.29) is 22.8 Å². The summed E-state index contributed by atoms with van der Waals surface area (Å²) in [4.78, 5) is 28.2. The van der Waals surface area contributed by atoms with Gasteiger partial charge in [0.1, 0.15) is 11.5 Å². The van der Waals surface area contributed by atoms with Gasteiger partial charge in [0.25, 0.3) is 5.91 Å².